The first-order chi connectivity index (χ1) is 32.0. The van der Waals surface area contributed by atoms with Gasteiger partial charge in [-0.2, -0.15) is 0 Å². The molecule has 66 heavy (non-hydrogen) atoms. The lowest BCUT2D eigenvalue weighted by Crippen LogP contribution is -2.45. The number of amides is 1. The lowest BCUT2D eigenvalue weighted by molar-refractivity contribution is -0.870. The van der Waals surface area contributed by atoms with E-state index in [-0.39, 0.29) is 19.1 Å². The fourth-order valence-electron chi connectivity index (χ4n) is 8.65. The number of hydrogen-bond acceptors (Lipinski definition) is 5. The third-order valence-electron chi connectivity index (χ3n) is 13.2. The minimum atomic E-state index is -4.35. The van der Waals surface area contributed by atoms with Gasteiger partial charge in [0.25, 0.3) is 0 Å². The summed E-state index contributed by atoms with van der Waals surface area (Å²) < 4.78 is 23.7. The molecule has 0 aliphatic rings. The van der Waals surface area contributed by atoms with E-state index in [9.17, 15) is 19.4 Å². The standard InChI is InChI=1S/C57H113N2O6P/c1-6-8-10-12-14-16-18-20-22-24-25-26-27-28-29-30-31-32-33-35-37-39-41-43-45-47-49-51-57(61)58-55(54-65-66(62,63)64-53-52-59(3,4)5)56(60)50-48-46-44-42-40-38-36-34-23-21-19-17-15-13-11-9-7-2/h40,42,48,50,55-56,60H,6-39,41,43-47,49,51-54H2,1-5H3,(H-,58,61,62,63)/p+1/b42-40+,50-48+. The van der Waals surface area contributed by atoms with Crippen LogP contribution in [0.4, 0.5) is 0 Å². The first-order valence-corrected chi connectivity index (χ1v) is 30.2. The molecular formula is C57H114N2O6P+. The lowest BCUT2D eigenvalue weighted by Gasteiger charge is -2.25. The third kappa shape index (κ3) is 50.8. The fraction of sp³-hybridized carbons (Fsp3) is 0.912. The number of nitrogens with zero attached hydrogens (tertiary/aromatic N) is 1. The molecule has 3 N–H and O–H groups in total. The van der Waals surface area contributed by atoms with Gasteiger partial charge < -0.3 is 19.8 Å². The molecule has 0 radical (unpaired) electrons. The van der Waals surface area contributed by atoms with Crippen molar-refractivity contribution in [3.63, 3.8) is 0 Å². The Labute approximate surface area is 411 Å². The molecule has 0 saturated carbocycles. The minimum Gasteiger partial charge on any atom is -0.387 e. The number of aliphatic hydroxyl groups excluding tert-OH is 1. The number of rotatable bonds is 53. The zero-order chi connectivity index (χ0) is 48.5. The van der Waals surface area contributed by atoms with Gasteiger partial charge in [-0.15, -0.1) is 0 Å². The van der Waals surface area contributed by atoms with Crippen molar-refractivity contribution in [2.45, 2.75) is 296 Å². The van der Waals surface area contributed by atoms with Crippen molar-refractivity contribution in [2.24, 2.45) is 0 Å². The normalized spacial score (nSPS) is 14.1. The van der Waals surface area contributed by atoms with Gasteiger partial charge in [0.2, 0.25) is 5.91 Å². The molecule has 0 aliphatic carbocycles. The van der Waals surface area contributed by atoms with E-state index in [1.54, 1.807) is 6.08 Å². The summed E-state index contributed by atoms with van der Waals surface area (Å²) in [5.74, 6) is -0.181. The summed E-state index contributed by atoms with van der Waals surface area (Å²) in [5.41, 5.74) is 0. The smallest absolute Gasteiger partial charge is 0.387 e. The van der Waals surface area contributed by atoms with Crippen molar-refractivity contribution in [1.82, 2.24) is 5.32 Å². The van der Waals surface area contributed by atoms with Crippen LogP contribution in [0.1, 0.15) is 284 Å². The molecule has 0 fully saturated rings. The van der Waals surface area contributed by atoms with Crippen molar-refractivity contribution in [2.75, 3.05) is 40.9 Å². The Kier molecular flexibility index (Phi) is 48.2. The number of carbonyl (C=O) groups is 1. The summed E-state index contributed by atoms with van der Waals surface area (Å²) in [6.45, 7) is 4.83. The number of unbranched alkanes of at least 4 members (excludes halogenated alkanes) is 38. The van der Waals surface area contributed by atoms with Crippen LogP contribution in [0.15, 0.2) is 24.3 Å². The molecular weight excluding hydrogens is 840 g/mol. The average Bonchev–Trinajstić information content (AvgIpc) is 3.28. The summed E-state index contributed by atoms with van der Waals surface area (Å²) in [5, 5.41) is 13.9. The maximum Gasteiger partial charge on any atom is 0.472 e. The van der Waals surface area contributed by atoms with Crippen molar-refractivity contribution in [3.05, 3.63) is 24.3 Å². The maximum absolute atomic E-state index is 13.0. The average molecular weight is 955 g/mol. The van der Waals surface area contributed by atoms with Crippen LogP contribution in [0, 0.1) is 0 Å². The van der Waals surface area contributed by atoms with E-state index >= 15 is 0 Å². The van der Waals surface area contributed by atoms with Crippen LogP contribution in [0.5, 0.6) is 0 Å². The second kappa shape index (κ2) is 49.0. The third-order valence-corrected chi connectivity index (χ3v) is 14.2. The van der Waals surface area contributed by atoms with E-state index in [4.69, 9.17) is 9.05 Å². The Hall–Kier alpha value is -1.02. The zero-order valence-electron chi connectivity index (χ0n) is 44.7. The van der Waals surface area contributed by atoms with Gasteiger partial charge in [-0.05, 0) is 32.1 Å². The zero-order valence-corrected chi connectivity index (χ0v) is 45.6. The maximum atomic E-state index is 13.0. The lowest BCUT2D eigenvalue weighted by atomic mass is 10.0. The van der Waals surface area contributed by atoms with E-state index in [0.717, 1.165) is 38.5 Å². The van der Waals surface area contributed by atoms with E-state index in [2.05, 4.69) is 31.3 Å². The molecule has 0 aliphatic heterocycles. The van der Waals surface area contributed by atoms with Crippen LogP contribution in [0.2, 0.25) is 0 Å². The van der Waals surface area contributed by atoms with Gasteiger partial charge >= 0.3 is 7.82 Å². The molecule has 0 aromatic heterocycles. The number of phosphoric acid groups is 1. The molecule has 0 heterocycles. The van der Waals surface area contributed by atoms with Crippen LogP contribution in [-0.2, 0) is 18.4 Å². The quantitative estimate of drug-likeness (QED) is 0.0243. The SMILES string of the molecule is CCCCCCCCCCCCC/C=C/CC/C=C/C(O)C(COP(=O)(O)OCC[N+](C)(C)C)NC(=O)CCCCCCCCCCCCCCCCCCCCCCCCCCCCC. The molecule has 0 bridgehead atoms. The molecule has 1 amide bonds. The Balaban J connectivity index is 4.15. The largest absolute Gasteiger partial charge is 0.472 e. The highest BCUT2D eigenvalue weighted by Gasteiger charge is 2.27. The van der Waals surface area contributed by atoms with E-state index in [1.165, 1.54) is 225 Å². The summed E-state index contributed by atoms with van der Waals surface area (Å²) >= 11 is 0. The van der Waals surface area contributed by atoms with Crippen molar-refractivity contribution in [3.8, 4) is 0 Å². The highest BCUT2D eigenvalue weighted by molar-refractivity contribution is 7.47. The van der Waals surface area contributed by atoms with Crippen LogP contribution >= 0.6 is 7.82 Å². The molecule has 392 valence electrons. The highest BCUT2D eigenvalue weighted by Crippen LogP contribution is 2.43. The number of hydrogen-bond donors (Lipinski definition) is 3. The van der Waals surface area contributed by atoms with E-state index in [1.807, 2.05) is 27.2 Å². The predicted octanol–water partition coefficient (Wildman–Crippen LogP) is 17.2. The molecule has 0 rings (SSSR count). The first-order valence-electron chi connectivity index (χ1n) is 28.7. The van der Waals surface area contributed by atoms with Crippen molar-refractivity contribution < 1.29 is 32.9 Å². The predicted molar refractivity (Wildman–Crippen MR) is 286 cm³/mol. The van der Waals surface area contributed by atoms with E-state index < -0.39 is 20.0 Å². The van der Waals surface area contributed by atoms with Crippen LogP contribution in [-0.4, -0.2) is 73.4 Å². The van der Waals surface area contributed by atoms with Crippen molar-refractivity contribution >= 4 is 13.7 Å². The Morgan fingerprint density at radius 3 is 1.21 bits per heavy atom. The van der Waals surface area contributed by atoms with Crippen molar-refractivity contribution in [1.29, 1.82) is 0 Å². The molecule has 3 atom stereocenters. The molecule has 0 spiro atoms. The Bertz CT molecular complexity index is 1130. The number of aliphatic hydroxyl groups is 1. The summed E-state index contributed by atoms with van der Waals surface area (Å²) in [6, 6.07) is -0.859. The van der Waals surface area contributed by atoms with Crippen LogP contribution < -0.4 is 5.32 Å². The second-order valence-corrected chi connectivity index (χ2v) is 22.5. The molecule has 3 unspecified atom stereocenters. The van der Waals surface area contributed by atoms with Gasteiger partial charge in [0, 0.05) is 6.42 Å². The van der Waals surface area contributed by atoms with Gasteiger partial charge in [0.05, 0.1) is 39.9 Å². The molecule has 8 nitrogen and oxygen atoms in total. The van der Waals surface area contributed by atoms with Crippen LogP contribution in [0.3, 0.4) is 0 Å². The van der Waals surface area contributed by atoms with E-state index in [0.29, 0.717) is 17.4 Å². The topological polar surface area (TPSA) is 105 Å². The van der Waals surface area contributed by atoms with Crippen LogP contribution in [0.25, 0.3) is 0 Å². The summed E-state index contributed by atoms with van der Waals surface area (Å²) in [7, 11) is 1.57. The molecule has 0 aromatic carbocycles. The number of phosphoric ester groups is 1. The highest BCUT2D eigenvalue weighted by atomic mass is 31.2. The second-order valence-electron chi connectivity index (χ2n) is 21.0. The Morgan fingerprint density at radius 1 is 0.500 bits per heavy atom. The molecule has 0 aromatic rings. The monoisotopic (exact) mass is 954 g/mol. The van der Waals surface area contributed by atoms with Gasteiger partial charge in [-0.3, -0.25) is 13.8 Å². The number of quaternary nitrogens is 1. The minimum absolute atomic E-state index is 0.0587. The summed E-state index contributed by atoms with van der Waals surface area (Å²) in [6.07, 6.45) is 61.4. The number of carbonyl (C=O) groups excluding carboxylic acids is 1. The van der Waals surface area contributed by atoms with Gasteiger partial charge in [-0.1, -0.05) is 269 Å². The number of allylic oxidation sites excluding steroid dienone is 3. The molecule has 0 saturated heterocycles. The molecule has 9 heteroatoms. The van der Waals surface area contributed by atoms with Gasteiger partial charge in [-0.25, -0.2) is 4.57 Å². The Morgan fingerprint density at radius 2 is 0.833 bits per heavy atom. The fourth-order valence-corrected chi connectivity index (χ4v) is 9.38. The van der Waals surface area contributed by atoms with Gasteiger partial charge in [0.1, 0.15) is 13.2 Å². The number of likely N-dealkylation sites (N-methyl/N-ethyl adjacent to an activating group) is 1. The summed E-state index contributed by atoms with van der Waals surface area (Å²) in [4.78, 5) is 23.3. The first kappa shape index (κ1) is 65.0. The van der Waals surface area contributed by atoms with Gasteiger partial charge in [0.15, 0.2) is 0 Å². The number of nitrogens with one attached hydrogen (secondary N) is 1.